The van der Waals surface area contributed by atoms with E-state index < -0.39 is 18.8 Å². The summed E-state index contributed by atoms with van der Waals surface area (Å²) in [6.45, 7) is 1.06. The Kier molecular flexibility index (Phi) is 5.27. The van der Waals surface area contributed by atoms with Crippen LogP contribution in [0.1, 0.15) is 32.0 Å². The van der Waals surface area contributed by atoms with E-state index in [9.17, 15) is 22.8 Å². The molecule has 2 rings (SSSR count). The van der Waals surface area contributed by atoms with Crippen LogP contribution in [-0.2, 0) is 22.7 Å². The molecule has 0 unspecified atom stereocenters. The fraction of sp³-hybridized carbons (Fsp3) is 0.643. The number of alkyl halides is 3. The highest BCUT2D eigenvalue weighted by molar-refractivity contribution is 5.88. The van der Waals surface area contributed by atoms with Gasteiger partial charge in [0.15, 0.2) is 0 Å². The van der Waals surface area contributed by atoms with E-state index >= 15 is 0 Å². The van der Waals surface area contributed by atoms with Gasteiger partial charge in [-0.25, -0.2) is 4.98 Å². The number of carbonyl (C=O) groups excluding carboxylic acids is 2. The molecule has 128 valence electrons. The molecule has 9 heteroatoms. The van der Waals surface area contributed by atoms with E-state index in [0.717, 1.165) is 11.0 Å². The van der Waals surface area contributed by atoms with Crippen molar-refractivity contribution < 1.29 is 22.8 Å². The average Bonchev–Trinajstić information content (AvgIpc) is 3.06. The molecule has 0 bridgehead atoms. The summed E-state index contributed by atoms with van der Waals surface area (Å²) in [7, 11) is 0. The molecule has 1 fully saturated rings. The lowest BCUT2D eigenvalue weighted by Gasteiger charge is -2.25. The summed E-state index contributed by atoms with van der Waals surface area (Å²) < 4.78 is 38.3. The third kappa shape index (κ3) is 4.46. The first-order chi connectivity index (χ1) is 10.8. The molecule has 0 aromatic carbocycles. The minimum atomic E-state index is -4.35. The Morgan fingerprint density at radius 2 is 2.22 bits per heavy atom. The Morgan fingerprint density at radius 3 is 2.78 bits per heavy atom. The number of hydrogen-bond donors (Lipinski definition) is 1. The van der Waals surface area contributed by atoms with Crippen LogP contribution in [0.4, 0.5) is 13.2 Å². The smallest absolute Gasteiger partial charge is 0.347 e. The predicted molar refractivity (Wildman–Crippen MR) is 75.2 cm³/mol. The predicted octanol–water partition coefficient (Wildman–Crippen LogP) is 1.46. The van der Waals surface area contributed by atoms with Crippen molar-refractivity contribution in [2.45, 2.75) is 51.5 Å². The molecule has 1 atom stereocenters. The van der Waals surface area contributed by atoms with E-state index in [1.807, 2.05) is 0 Å². The Hall–Kier alpha value is -2.06. The van der Waals surface area contributed by atoms with Gasteiger partial charge in [0.2, 0.25) is 11.8 Å². The van der Waals surface area contributed by atoms with E-state index in [4.69, 9.17) is 0 Å². The van der Waals surface area contributed by atoms with Crippen LogP contribution in [0, 0.1) is 0 Å². The van der Waals surface area contributed by atoms with Gasteiger partial charge in [0.1, 0.15) is 18.4 Å². The summed E-state index contributed by atoms with van der Waals surface area (Å²) in [4.78, 5) is 29.3. The highest BCUT2D eigenvalue weighted by Crippen LogP contribution is 2.19. The van der Waals surface area contributed by atoms with Crippen molar-refractivity contribution in [2.24, 2.45) is 0 Å². The Labute approximate surface area is 131 Å². The summed E-state index contributed by atoms with van der Waals surface area (Å²) >= 11 is 0. The van der Waals surface area contributed by atoms with Crippen molar-refractivity contribution in [2.75, 3.05) is 6.54 Å². The Morgan fingerprint density at radius 1 is 1.48 bits per heavy atom. The third-order valence-electron chi connectivity index (χ3n) is 3.75. The molecule has 0 saturated carbocycles. The zero-order valence-electron chi connectivity index (χ0n) is 12.8. The van der Waals surface area contributed by atoms with Crippen LogP contribution in [0.15, 0.2) is 12.4 Å². The standard InChI is InChI=1S/C14H19F3N4O2/c1-2-10(21-6-3-4-12(21)22)13(23)19-8-11-18-5-7-20(11)9-14(15,16)17/h5,7,10H,2-4,6,8-9H2,1H3,(H,19,23)/t10-/m0/s1. The number of nitrogens with zero attached hydrogens (tertiary/aromatic N) is 3. The summed E-state index contributed by atoms with van der Waals surface area (Å²) in [6, 6.07) is -0.587. The molecular formula is C14H19F3N4O2. The summed E-state index contributed by atoms with van der Waals surface area (Å²) in [5.41, 5.74) is 0. The number of carbonyl (C=O) groups is 2. The normalized spacial score (nSPS) is 16.7. The van der Waals surface area contributed by atoms with E-state index in [-0.39, 0.29) is 24.2 Å². The van der Waals surface area contributed by atoms with Crippen molar-refractivity contribution >= 4 is 11.8 Å². The van der Waals surface area contributed by atoms with Crippen LogP contribution < -0.4 is 5.32 Å². The van der Waals surface area contributed by atoms with Gasteiger partial charge in [-0.15, -0.1) is 0 Å². The van der Waals surface area contributed by atoms with E-state index in [1.165, 1.54) is 17.3 Å². The highest BCUT2D eigenvalue weighted by atomic mass is 19.4. The molecule has 23 heavy (non-hydrogen) atoms. The fourth-order valence-corrected chi connectivity index (χ4v) is 2.67. The van der Waals surface area contributed by atoms with Crippen molar-refractivity contribution in [1.29, 1.82) is 0 Å². The van der Waals surface area contributed by atoms with Crippen molar-refractivity contribution in [3.05, 3.63) is 18.2 Å². The molecule has 0 spiro atoms. The molecule has 1 saturated heterocycles. The number of nitrogens with one attached hydrogen (secondary N) is 1. The second kappa shape index (κ2) is 7.01. The minimum Gasteiger partial charge on any atom is -0.347 e. The van der Waals surface area contributed by atoms with Crippen molar-refractivity contribution in [1.82, 2.24) is 19.8 Å². The Balaban J connectivity index is 1.96. The van der Waals surface area contributed by atoms with Crippen LogP contribution in [0.5, 0.6) is 0 Å². The molecule has 0 radical (unpaired) electrons. The Bertz CT molecular complexity index is 571. The van der Waals surface area contributed by atoms with Gasteiger partial charge in [-0.3, -0.25) is 9.59 Å². The molecule has 1 aromatic rings. The van der Waals surface area contributed by atoms with Crippen LogP contribution in [-0.4, -0.2) is 45.0 Å². The number of amides is 2. The zero-order valence-corrected chi connectivity index (χ0v) is 12.8. The second-order valence-electron chi connectivity index (χ2n) is 5.42. The molecule has 1 aliphatic rings. The molecule has 6 nitrogen and oxygen atoms in total. The van der Waals surface area contributed by atoms with Crippen LogP contribution in [0.2, 0.25) is 0 Å². The van der Waals surface area contributed by atoms with Gasteiger partial charge < -0.3 is 14.8 Å². The first-order valence-corrected chi connectivity index (χ1v) is 7.45. The molecule has 2 amide bonds. The second-order valence-corrected chi connectivity index (χ2v) is 5.42. The number of aromatic nitrogens is 2. The number of hydrogen-bond acceptors (Lipinski definition) is 3. The number of halogens is 3. The van der Waals surface area contributed by atoms with E-state index in [1.54, 1.807) is 6.92 Å². The quantitative estimate of drug-likeness (QED) is 0.858. The maximum atomic E-state index is 12.4. The monoisotopic (exact) mass is 332 g/mol. The zero-order chi connectivity index (χ0) is 17.0. The van der Waals surface area contributed by atoms with Gasteiger partial charge in [0.25, 0.3) is 0 Å². The van der Waals surface area contributed by atoms with Crippen LogP contribution in [0.25, 0.3) is 0 Å². The lowest BCUT2D eigenvalue weighted by Crippen LogP contribution is -2.47. The minimum absolute atomic E-state index is 0.0643. The molecule has 2 heterocycles. The first kappa shape index (κ1) is 17.3. The van der Waals surface area contributed by atoms with Gasteiger partial charge >= 0.3 is 6.18 Å². The summed E-state index contributed by atoms with van der Waals surface area (Å²) in [6.07, 6.45) is -0.273. The average molecular weight is 332 g/mol. The molecule has 1 N–H and O–H groups in total. The number of rotatable bonds is 6. The van der Waals surface area contributed by atoms with E-state index in [2.05, 4.69) is 10.3 Å². The van der Waals surface area contributed by atoms with Crippen LogP contribution >= 0.6 is 0 Å². The lowest BCUT2D eigenvalue weighted by molar-refractivity contribution is -0.141. The van der Waals surface area contributed by atoms with E-state index in [0.29, 0.717) is 19.4 Å². The summed E-state index contributed by atoms with van der Waals surface area (Å²) in [5.74, 6) is -0.312. The van der Waals surface area contributed by atoms with Gasteiger partial charge in [-0.05, 0) is 12.8 Å². The number of likely N-dealkylation sites (tertiary alicyclic amines) is 1. The van der Waals surface area contributed by atoms with Crippen molar-refractivity contribution in [3.63, 3.8) is 0 Å². The third-order valence-corrected chi connectivity index (χ3v) is 3.75. The maximum absolute atomic E-state index is 12.4. The lowest BCUT2D eigenvalue weighted by atomic mass is 10.2. The van der Waals surface area contributed by atoms with Crippen molar-refractivity contribution in [3.8, 4) is 0 Å². The van der Waals surface area contributed by atoms with Gasteiger partial charge in [-0.2, -0.15) is 13.2 Å². The van der Waals surface area contributed by atoms with Crippen LogP contribution in [0.3, 0.4) is 0 Å². The maximum Gasteiger partial charge on any atom is 0.406 e. The fourth-order valence-electron chi connectivity index (χ4n) is 2.67. The largest absolute Gasteiger partial charge is 0.406 e. The SMILES string of the molecule is CC[C@@H](C(=O)NCc1nccn1CC(F)(F)F)N1CCCC1=O. The van der Waals surface area contributed by atoms with Gasteiger partial charge in [0, 0.05) is 25.4 Å². The molecule has 1 aliphatic heterocycles. The highest BCUT2D eigenvalue weighted by Gasteiger charge is 2.32. The molecular weight excluding hydrogens is 313 g/mol. The van der Waals surface area contributed by atoms with Gasteiger partial charge in [-0.1, -0.05) is 6.92 Å². The van der Waals surface area contributed by atoms with Gasteiger partial charge in [0.05, 0.1) is 6.54 Å². The number of imidazole rings is 1. The first-order valence-electron chi connectivity index (χ1n) is 7.45. The molecule has 0 aliphatic carbocycles. The summed E-state index contributed by atoms with van der Waals surface area (Å²) in [5, 5.41) is 2.58. The molecule has 1 aromatic heterocycles. The topological polar surface area (TPSA) is 67.2 Å².